The van der Waals surface area contributed by atoms with Crippen LogP contribution in [-0.2, 0) is 5.41 Å². The van der Waals surface area contributed by atoms with E-state index in [9.17, 15) is 24.6 Å². The van der Waals surface area contributed by atoms with Gasteiger partial charge in [-0.3, -0.25) is 0 Å². The predicted molar refractivity (Wildman–Crippen MR) is 116 cm³/mol. The molecule has 5 N–H and O–H groups in total. The lowest BCUT2D eigenvalue weighted by Gasteiger charge is -2.26. The second-order valence-corrected chi connectivity index (χ2v) is 7.39. The van der Waals surface area contributed by atoms with Crippen LogP contribution in [0.1, 0.15) is 56.0 Å². The van der Waals surface area contributed by atoms with Crippen LogP contribution in [0.15, 0.2) is 66.7 Å². The van der Waals surface area contributed by atoms with Crippen molar-refractivity contribution in [2.75, 3.05) is 0 Å². The van der Waals surface area contributed by atoms with Gasteiger partial charge in [-0.2, -0.15) is 0 Å². The van der Waals surface area contributed by atoms with Gasteiger partial charge in [0, 0.05) is 5.41 Å². The van der Waals surface area contributed by atoms with Crippen LogP contribution in [0.4, 0.5) is 0 Å². The van der Waals surface area contributed by atoms with Crippen LogP contribution in [0.25, 0.3) is 0 Å². The highest BCUT2D eigenvalue weighted by Crippen LogP contribution is 2.32. The molecule has 166 valence electrons. The molecular weight excluding hydrogens is 416 g/mol. The number of phenols is 2. The van der Waals surface area contributed by atoms with Crippen LogP contribution in [0, 0.1) is 0 Å². The molecule has 0 unspecified atom stereocenters. The topological polar surface area (TPSA) is 152 Å². The minimum atomic E-state index is -1.48. The predicted octanol–water partition coefficient (Wildman–Crippen LogP) is 4.20. The Kier molecular flexibility index (Phi) is 7.22. The molecule has 3 aromatic rings. The van der Waals surface area contributed by atoms with Crippen LogP contribution in [0.2, 0.25) is 0 Å². The molecule has 0 aromatic heterocycles. The number of aromatic hydroxyl groups is 2. The third-order valence-corrected chi connectivity index (χ3v) is 4.91. The summed E-state index contributed by atoms with van der Waals surface area (Å²) in [5, 5.41) is 44.5. The fraction of sp³-hybridized carbons (Fsp3) is 0.125. The first-order valence-corrected chi connectivity index (χ1v) is 9.36. The van der Waals surface area contributed by atoms with E-state index >= 15 is 0 Å². The molecule has 0 aliphatic carbocycles. The third-order valence-electron chi connectivity index (χ3n) is 4.91. The van der Waals surface area contributed by atoms with E-state index in [0.717, 1.165) is 29.3 Å². The maximum absolute atomic E-state index is 10.6. The molecule has 0 amide bonds. The number of aromatic carboxylic acids is 3. The smallest absolute Gasteiger partial charge is 0.336 e. The first kappa shape index (κ1) is 23.9. The van der Waals surface area contributed by atoms with Crippen molar-refractivity contribution in [1.82, 2.24) is 0 Å². The standard InChI is InChI=1S/C15H16O2.C9H6O6/c1-15(2,11-3-7-13(16)8-4-11)12-5-9-14(17)10-6-12;10-7(11)4-1-2-5(8(12)13)6(3-4)9(14)15/h3-10,16-17H,1-2H3;1-3H,(H,10,11)(H,12,13)(H,14,15). The third kappa shape index (κ3) is 5.63. The average Bonchev–Trinajstić information content (AvgIpc) is 2.74. The molecule has 0 saturated heterocycles. The van der Waals surface area contributed by atoms with E-state index in [1.807, 2.05) is 24.3 Å². The number of carbonyl (C=O) groups is 3. The van der Waals surface area contributed by atoms with Crippen molar-refractivity contribution in [2.24, 2.45) is 0 Å². The summed E-state index contributed by atoms with van der Waals surface area (Å²) in [5.41, 5.74) is 0.857. The molecule has 0 aliphatic rings. The highest BCUT2D eigenvalue weighted by molar-refractivity contribution is 6.03. The van der Waals surface area contributed by atoms with Gasteiger partial charge in [-0.15, -0.1) is 0 Å². The molecule has 8 nitrogen and oxygen atoms in total. The van der Waals surface area contributed by atoms with Crippen molar-refractivity contribution in [3.8, 4) is 11.5 Å². The molecule has 0 bridgehead atoms. The van der Waals surface area contributed by atoms with Gasteiger partial charge in [0.15, 0.2) is 0 Å². The van der Waals surface area contributed by atoms with Gasteiger partial charge < -0.3 is 25.5 Å². The quantitative estimate of drug-likeness (QED) is 0.397. The number of carboxylic acids is 3. The van der Waals surface area contributed by atoms with Gasteiger partial charge in [0.25, 0.3) is 0 Å². The number of hydrogen-bond acceptors (Lipinski definition) is 5. The summed E-state index contributed by atoms with van der Waals surface area (Å²) in [6.45, 7) is 4.23. The molecule has 32 heavy (non-hydrogen) atoms. The van der Waals surface area contributed by atoms with E-state index in [1.165, 1.54) is 0 Å². The summed E-state index contributed by atoms with van der Waals surface area (Å²) >= 11 is 0. The van der Waals surface area contributed by atoms with Gasteiger partial charge in [-0.05, 0) is 53.6 Å². The Morgan fingerprint density at radius 3 is 1.34 bits per heavy atom. The van der Waals surface area contributed by atoms with Crippen LogP contribution in [0.3, 0.4) is 0 Å². The van der Waals surface area contributed by atoms with Crippen molar-refractivity contribution < 1.29 is 39.9 Å². The number of rotatable bonds is 5. The lowest BCUT2D eigenvalue weighted by Crippen LogP contribution is -2.18. The summed E-state index contributed by atoms with van der Waals surface area (Å²) < 4.78 is 0. The number of benzene rings is 3. The zero-order valence-electron chi connectivity index (χ0n) is 17.3. The Bertz CT molecular complexity index is 1080. The van der Waals surface area contributed by atoms with Crippen LogP contribution in [-0.4, -0.2) is 43.4 Å². The van der Waals surface area contributed by atoms with Crippen molar-refractivity contribution >= 4 is 17.9 Å². The van der Waals surface area contributed by atoms with Crippen molar-refractivity contribution in [2.45, 2.75) is 19.3 Å². The summed E-state index contributed by atoms with van der Waals surface area (Å²) in [7, 11) is 0. The van der Waals surface area contributed by atoms with E-state index in [-0.39, 0.29) is 22.5 Å². The van der Waals surface area contributed by atoms with Crippen LogP contribution < -0.4 is 0 Å². The Labute approximate surface area is 183 Å². The summed E-state index contributed by atoms with van der Waals surface area (Å²) in [4.78, 5) is 31.8. The zero-order valence-corrected chi connectivity index (χ0v) is 17.3. The molecule has 0 aliphatic heterocycles. The van der Waals surface area contributed by atoms with Gasteiger partial charge in [-0.1, -0.05) is 38.1 Å². The molecule has 0 radical (unpaired) electrons. The lowest BCUT2D eigenvalue weighted by molar-refractivity contribution is 0.0649. The van der Waals surface area contributed by atoms with Gasteiger partial charge in [0.2, 0.25) is 0 Å². The maximum Gasteiger partial charge on any atom is 0.336 e. The fourth-order valence-electron chi connectivity index (χ4n) is 2.96. The maximum atomic E-state index is 10.6. The van der Waals surface area contributed by atoms with E-state index in [2.05, 4.69) is 13.8 Å². The van der Waals surface area contributed by atoms with Crippen molar-refractivity contribution in [3.63, 3.8) is 0 Å². The molecule has 0 atom stereocenters. The van der Waals surface area contributed by atoms with Crippen molar-refractivity contribution in [1.29, 1.82) is 0 Å². The van der Waals surface area contributed by atoms with Gasteiger partial charge in [0.1, 0.15) is 11.5 Å². The second-order valence-electron chi connectivity index (χ2n) is 7.39. The Balaban J connectivity index is 0.000000229. The minimum absolute atomic E-state index is 0.151. The normalized spacial score (nSPS) is 10.6. The van der Waals surface area contributed by atoms with Crippen LogP contribution >= 0.6 is 0 Å². The number of hydrogen-bond donors (Lipinski definition) is 5. The Morgan fingerprint density at radius 1 is 0.594 bits per heavy atom. The monoisotopic (exact) mass is 438 g/mol. The molecule has 0 spiro atoms. The Morgan fingerprint density at radius 2 is 1.00 bits per heavy atom. The zero-order chi connectivity index (χ0) is 24.1. The largest absolute Gasteiger partial charge is 0.508 e. The lowest BCUT2D eigenvalue weighted by atomic mass is 9.78. The van der Waals surface area contributed by atoms with E-state index in [4.69, 9.17) is 15.3 Å². The van der Waals surface area contributed by atoms with Gasteiger partial charge in [-0.25, -0.2) is 14.4 Å². The van der Waals surface area contributed by atoms with Crippen LogP contribution in [0.5, 0.6) is 11.5 Å². The highest BCUT2D eigenvalue weighted by atomic mass is 16.4. The summed E-state index contributed by atoms with van der Waals surface area (Å²) in [6, 6.07) is 17.3. The summed E-state index contributed by atoms with van der Waals surface area (Å²) in [6.07, 6.45) is 0. The number of phenolic OH excluding ortho intramolecular Hbond substituents is 2. The van der Waals surface area contributed by atoms with Gasteiger partial charge >= 0.3 is 17.9 Å². The summed E-state index contributed by atoms with van der Waals surface area (Å²) in [5.74, 6) is -3.65. The molecule has 3 rings (SSSR count). The second kappa shape index (κ2) is 9.65. The average molecular weight is 438 g/mol. The molecule has 8 heteroatoms. The number of carboxylic acid groups (broad SMARTS) is 3. The van der Waals surface area contributed by atoms with E-state index < -0.39 is 29.0 Å². The Hall–Kier alpha value is -4.33. The molecule has 0 saturated carbocycles. The molecular formula is C24H22O8. The van der Waals surface area contributed by atoms with E-state index in [1.54, 1.807) is 24.3 Å². The van der Waals surface area contributed by atoms with Crippen molar-refractivity contribution in [3.05, 3.63) is 94.5 Å². The molecule has 0 heterocycles. The molecule has 3 aromatic carbocycles. The SMILES string of the molecule is CC(C)(c1ccc(O)cc1)c1ccc(O)cc1.O=C(O)c1ccc(C(=O)O)c(C(=O)O)c1. The molecule has 0 fully saturated rings. The fourth-order valence-corrected chi connectivity index (χ4v) is 2.96. The first-order valence-electron chi connectivity index (χ1n) is 9.36. The highest BCUT2D eigenvalue weighted by Gasteiger charge is 2.22. The minimum Gasteiger partial charge on any atom is -0.508 e. The van der Waals surface area contributed by atoms with E-state index in [0.29, 0.717) is 0 Å². The van der Waals surface area contributed by atoms with Gasteiger partial charge in [0.05, 0.1) is 16.7 Å². The first-order chi connectivity index (χ1) is 14.9.